The third kappa shape index (κ3) is 5.49. The summed E-state index contributed by atoms with van der Waals surface area (Å²) in [4.78, 5) is 24.3. The van der Waals surface area contributed by atoms with Crippen molar-refractivity contribution < 1.29 is 18.9 Å². The molecule has 0 radical (unpaired) electrons. The number of nitro benzene ring substituents is 1. The summed E-state index contributed by atoms with van der Waals surface area (Å²) < 4.78 is 11.6. The van der Waals surface area contributed by atoms with E-state index in [-0.39, 0.29) is 29.7 Å². The SMILES string of the molecule is CC(C)(C)[Si](C)(C)OC[C@@H]1C[C@H](OC(N)=O)CN1c1cc(CC#N)ccc1[N+](=O)[O-]. The number of rotatable bonds is 7. The van der Waals surface area contributed by atoms with Crippen LogP contribution in [0.4, 0.5) is 16.2 Å². The zero-order chi connectivity index (χ0) is 22.7. The minimum Gasteiger partial charge on any atom is -0.444 e. The van der Waals surface area contributed by atoms with Gasteiger partial charge in [-0.25, -0.2) is 4.79 Å². The number of nitro groups is 1. The number of carbonyl (C=O) groups excluding carboxylic acids is 1. The van der Waals surface area contributed by atoms with Crippen LogP contribution in [0.1, 0.15) is 32.8 Å². The molecule has 1 aliphatic heterocycles. The monoisotopic (exact) mass is 434 g/mol. The standard InChI is InChI=1S/C20H30N4O5Si/c1-20(2,3)30(4,5)28-13-15-11-16(29-19(22)25)12-23(15)18-10-14(8-9-21)6-7-17(18)24(26)27/h6-7,10,15-16H,8,11-13H2,1-5H3,(H2,22,25)/t15-,16-/m0/s1. The molecule has 1 saturated heterocycles. The van der Waals surface area contributed by atoms with Crippen LogP contribution < -0.4 is 10.6 Å². The fraction of sp³-hybridized carbons (Fsp3) is 0.600. The van der Waals surface area contributed by atoms with E-state index in [1.54, 1.807) is 12.1 Å². The Balaban J connectivity index is 2.38. The minimum atomic E-state index is -2.05. The van der Waals surface area contributed by atoms with Gasteiger partial charge >= 0.3 is 6.09 Å². The first kappa shape index (κ1) is 23.6. The van der Waals surface area contributed by atoms with Crippen LogP contribution in [0.3, 0.4) is 0 Å². The van der Waals surface area contributed by atoms with Gasteiger partial charge in [-0.3, -0.25) is 10.1 Å². The van der Waals surface area contributed by atoms with Gasteiger partial charge in [0.05, 0.1) is 36.6 Å². The van der Waals surface area contributed by atoms with E-state index in [0.717, 1.165) is 0 Å². The Morgan fingerprint density at radius 1 is 1.43 bits per heavy atom. The summed E-state index contributed by atoms with van der Waals surface area (Å²) in [5, 5.41) is 20.7. The summed E-state index contributed by atoms with van der Waals surface area (Å²) in [7, 11) is -2.05. The number of benzene rings is 1. The molecule has 164 valence electrons. The Hall–Kier alpha value is -2.64. The summed E-state index contributed by atoms with van der Waals surface area (Å²) >= 11 is 0. The summed E-state index contributed by atoms with van der Waals surface area (Å²) in [5.41, 5.74) is 6.21. The number of primary amides is 1. The molecule has 1 aromatic carbocycles. The van der Waals surface area contributed by atoms with Gasteiger partial charge in [0.25, 0.3) is 5.69 Å². The second kappa shape index (κ2) is 9.02. The van der Waals surface area contributed by atoms with Gasteiger partial charge in [0.2, 0.25) is 0 Å². The van der Waals surface area contributed by atoms with E-state index in [0.29, 0.717) is 24.3 Å². The lowest BCUT2D eigenvalue weighted by Crippen LogP contribution is -2.45. The maximum Gasteiger partial charge on any atom is 0.404 e. The molecule has 30 heavy (non-hydrogen) atoms. The van der Waals surface area contributed by atoms with Crippen molar-refractivity contribution in [3.05, 3.63) is 33.9 Å². The van der Waals surface area contributed by atoms with Crippen LogP contribution in [0, 0.1) is 21.4 Å². The van der Waals surface area contributed by atoms with Gasteiger partial charge in [-0.2, -0.15) is 5.26 Å². The molecule has 10 heteroatoms. The first-order chi connectivity index (χ1) is 13.9. The molecule has 2 rings (SSSR count). The highest BCUT2D eigenvalue weighted by Crippen LogP contribution is 2.39. The average molecular weight is 435 g/mol. The van der Waals surface area contributed by atoms with Crippen molar-refractivity contribution in [2.75, 3.05) is 18.1 Å². The lowest BCUT2D eigenvalue weighted by molar-refractivity contribution is -0.384. The van der Waals surface area contributed by atoms with Crippen LogP contribution in [0.25, 0.3) is 0 Å². The Kier molecular flexibility index (Phi) is 7.10. The van der Waals surface area contributed by atoms with Gasteiger partial charge < -0.3 is 19.8 Å². The molecule has 2 N–H and O–H groups in total. The third-order valence-corrected chi connectivity index (χ3v) is 10.4. The van der Waals surface area contributed by atoms with E-state index in [1.807, 2.05) is 4.90 Å². The number of nitriles is 1. The largest absolute Gasteiger partial charge is 0.444 e. The van der Waals surface area contributed by atoms with Gasteiger partial charge in [-0.15, -0.1) is 0 Å². The van der Waals surface area contributed by atoms with Crippen molar-refractivity contribution in [1.29, 1.82) is 5.26 Å². The van der Waals surface area contributed by atoms with Crippen LogP contribution >= 0.6 is 0 Å². The molecule has 1 fully saturated rings. The molecule has 1 amide bonds. The van der Waals surface area contributed by atoms with Crippen LogP contribution in [-0.2, 0) is 15.6 Å². The highest BCUT2D eigenvalue weighted by atomic mass is 28.4. The molecule has 1 heterocycles. The fourth-order valence-electron chi connectivity index (χ4n) is 3.25. The van der Waals surface area contributed by atoms with Crippen molar-refractivity contribution in [1.82, 2.24) is 0 Å². The molecule has 0 bridgehead atoms. The number of nitrogens with two attached hydrogens (primary N) is 1. The first-order valence-corrected chi connectivity index (χ1v) is 12.8. The highest BCUT2D eigenvalue weighted by Gasteiger charge is 2.41. The van der Waals surface area contributed by atoms with Gasteiger partial charge in [-0.05, 0) is 29.8 Å². The van der Waals surface area contributed by atoms with Gasteiger partial charge in [0.1, 0.15) is 11.8 Å². The molecule has 9 nitrogen and oxygen atoms in total. The summed E-state index contributed by atoms with van der Waals surface area (Å²) in [6.07, 6.45) is -0.768. The van der Waals surface area contributed by atoms with Gasteiger partial charge in [0.15, 0.2) is 8.32 Å². The molecule has 0 aliphatic carbocycles. The van der Waals surface area contributed by atoms with Crippen LogP contribution in [-0.4, -0.2) is 44.6 Å². The number of hydrogen-bond acceptors (Lipinski definition) is 7. The van der Waals surface area contributed by atoms with Crippen molar-refractivity contribution >= 4 is 25.8 Å². The van der Waals surface area contributed by atoms with Crippen LogP contribution in [0.15, 0.2) is 18.2 Å². The van der Waals surface area contributed by atoms with Crippen LogP contribution in [0.5, 0.6) is 0 Å². The van der Waals surface area contributed by atoms with Gasteiger partial charge in [0, 0.05) is 12.5 Å². The topological polar surface area (TPSA) is 132 Å². The predicted octanol–water partition coefficient (Wildman–Crippen LogP) is 3.73. The molecule has 1 aliphatic rings. The normalized spacial score (nSPS) is 19.4. The third-order valence-electron chi connectivity index (χ3n) is 5.93. The number of nitrogens with zero attached hydrogens (tertiary/aromatic N) is 3. The lowest BCUT2D eigenvalue weighted by Gasteiger charge is -2.38. The van der Waals surface area contributed by atoms with E-state index in [2.05, 4.69) is 39.9 Å². The first-order valence-electron chi connectivity index (χ1n) is 9.86. The fourth-order valence-corrected chi connectivity index (χ4v) is 4.29. The Morgan fingerprint density at radius 2 is 2.10 bits per heavy atom. The lowest BCUT2D eigenvalue weighted by atomic mass is 10.1. The molecule has 0 spiro atoms. The number of anilines is 1. The van der Waals surface area contributed by atoms with E-state index in [9.17, 15) is 14.9 Å². The Morgan fingerprint density at radius 3 is 2.63 bits per heavy atom. The number of carbonyl (C=O) groups is 1. The molecule has 0 saturated carbocycles. The van der Waals surface area contributed by atoms with E-state index in [4.69, 9.17) is 20.2 Å². The minimum absolute atomic E-state index is 0.0122. The van der Waals surface area contributed by atoms with Crippen LogP contribution in [0.2, 0.25) is 18.1 Å². The van der Waals surface area contributed by atoms with Crippen molar-refractivity contribution in [3.8, 4) is 6.07 Å². The molecular formula is C20H30N4O5Si. The number of amides is 1. The predicted molar refractivity (Wildman–Crippen MR) is 116 cm³/mol. The average Bonchev–Trinajstić information content (AvgIpc) is 3.01. The Bertz CT molecular complexity index is 847. The van der Waals surface area contributed by atoms with Crippen molar-refractivity contribution in [2.45, 2.75) is 63.9 Å². The summed E-state index contributed by atoms with van der Waals surface area (Å²) in [6.45, 7) is 11.3. The molecular weight excluding hydrogens is 404 g/mol. The molecule has 2 atom stereocenters. The maximum atomic E-state index is 11.6. The quantitative estimate of drug-likeness (QED) is 0.393. The van der Waals surface area contributed by atoms with E-state index >= 15 is 0 Å². The Labute approximate surface area is 178 Å². The number of ether oxygens (including phenoxy) is 1. The van der Waals surface area contributed by atoms with Crippen molar-refractivity contribution in [3.63, 3.8) is 0 Å². The summed E-state index contributed by atoms with van der Waals surface area (Å²) in [5.74, 6) is 0. The maximum absolute atomic E-state index is 11.6. The summed E-state index contributed by atoms with van der Waals surface area (Å²) in [6, 6.07) is 6.50. The molecule has 0 unspecified atom stereocenters. The second-order valence-corrected chi connectivity index (χ2v) is 13.9. The molecule has 1 aromatic rings. The van der Waals surface area contributed by atoms with E-state index < -0.39 is 25.4 Å². The van der Waals surface area contributed by atoms with E-state index in [1.165, 1.54) is 6.07 Å². The molecule has 0 aromatic heterocycles. The smallest absolute Gasteiger partial charge is 0.404 e. The second-order valence-electron chi connectivity index (χ2n) is 9.09. The number of hydrogen-bond donors (Lipinski definition) is 1. The highest BCUT2D eigenvalue weighted by molar-refractivity contribution is 6.74. The zero-order valence-corrected chi connectivity index (χ0v) is 19.2. The van der Waals surface area contributed by atoms with Gasteiger partial charge in [-0.1, -0.05) is 26.8 Å². The zero-order valence-electron chi connectivity index (χ0n) is 18.2. The van der Waals surface area contributed by atoms with Crippen molar-refractivity contribution in [2.24, 2.45) is 5.73 Å².